The van der Waals surface area contributed by atoms with Crippen molar-refractivity contribution in [3.8, 4) is 28.4 Å². The van der Waals surface area contributed by atoms with Crippen LogP contribution in [-0.2, 0) is 0 Å². The Bertz CT molecular complexity index is 786. The molecule has 0 fully saturated rings. The number of nitro benzene ring substituents is 1. The molecule has 0 bridgehead atoms. The molecule has 2 aromatic rings. The van der Waals surface area contributed by atoms with Crippen LogP contribution in [0.5, 0.6) is 17.2 Å². The van der Waals surface area contributed by atoms with E-state index < -0.39 is 4.92 Å². The molecule has 0 N–H and O–H groups in total. The number of rotatable bonds is 5. The first-order chi connectivity index (χ1) is 11.2. The summed E-state index contributed by atoms with van der Waals surface area (Å²) in [5.74, 6) is 1.17. The van der Waals surface area contributed by atoms with Crippen molar-refractivity contribution in [2.24, 2.45) is 0 Å². The Labute approximate surface area is 131 Å². The predicted molar refractivity (Wildman–Crippen MR) is 81.2 cm³/mol. The van der Waals surface area contributed by atoms with Crippen LogP contribution in [0.1, 0.15) is 17.3 Å². The zero-order valence-electron chi connectivity index (χ0n) is 12.3. The average molecular weight is 315 g/mol. The molecule has 118 valence electrons. The maximum atomic E-state index is 11.5. The van der Waals surface area contributed by atoms with Gasteiger partial charge in [-0.05, 0) is 24.6 Å². The number of fused-ring (bicyclic) bond motifs is 1. The first-order valence-electron chi connectivity index (χ1n) is 6.95. The van der Waals surface area contributed by atoms with E-state index in [1.54, 1.807) is 24.3 Å². The summed E-state index contributed by atoms with van der Waals surface area (Å²) in [5.41, 5.74) is 0.556. The van der Waals surface area contributed by atoms with Gasteiger partial charge in [0.1, 0.15) is 11.3 Å². The first kappa shape index (κ1) is 14.8. The summed E-state index contributed by atoms with van der Waals surface area (Å²) in [4.78, 5) is 22.2. The van der Waals surface area contributed by atoms with E-state index in [2.05, 4.69) is 0 Å². The number of nitrogens with zero attached hydrogens (tertiary/aromatic N) is 1. The van der Waals surface area contributed by atoms with Crippen LogP contribution in [0, 0.1) is 10.1 Å². The molecule has 1 aliphatic heterocycles. The van der Waals surface area contributed by atoms with Crippen LogP contribution in [0.3, 0.4) is 0 Å². The van der Waals surface area contributed by atoms with Crippen molar-refractivity contribution in [1.29, 1.82) is 0 Å². The van der Waals surface area contributed by atoms with E-state index in [0.717, 1.165) is 0 Å². The second-order valence-electron chi connectivity index (χ2n) is 4.75. The van der Waals surface area contributed by atoms with E-state index in [0.29, 0.717) is 35.5 Å². The van der Waals surface area contributed by atoms with E-state index >= 15 is 0 Å². The Morgan fingerprint density at radius 2 is 2.17 bits per heavy atom. The number of hydrogen-bond donors (Lipinski definition) is 0. The molecule has 0 aliphatic carbocycles. The molecule has 7 heteroatoms. The summed E-state index contributed by atoms with van der Waals surface area (Å²) >= 11 is 0. The molecule has 0 spiro atoms. The number of nitro groups is 1. The molecule has 0 atom stereocenters. The van der Waals surface area contributed by atoms with E-state index in [4.69, 9.17) is 14.2 Å². The zero-order chi connectivity index (χ0) is 16.4. The standard InChI is InChI=1S/C16H13NO6/c1-2-21-11-5-3-4-10(6-11)15-12(8-18)13(17(19)20)7-14-16(15)23-9-22-14/h3-8H,2,9H2,1H3. The average Bonchev–Trinajstić information content (AvgIpc) is 3.01. The fourth-order valence-electron chi connectivity index (χ4n) is 2.51. The van der Waals surface area contributed by atoms with Gasteiger partial charge in [-0.1, -0.05) is 12.1 Å². The highest BCUT2D eigenvalue weighted by Gasteiger charge is 2.30. The highest BCUT2D eigenvalue weighted by molar-refractivity contribution is 5.97. The number of ether oxygens (including phenoxy) is 3. The Hall–Kier alpha value is -3.09. The van der Waals surface area contributed by atoms with Crippen molar-refractivity contribution >= 4 is 12.0 Å². The van der Waals surface area contributed by atoms with Crippen LogP contribution in [0.4, 0.5) is 5.69 Å². The van der Waals surface area contributed by atoms with Crippen LogP contribution >= 0.6 is 0 Å². The third-order valence-corrected chi connectivity index (χ3v) is 3.43. The Morgan fingerprint density at radius 1 is 1.35 bits per heavy atom. The van der Waals surface area contributed by atoms with E-state index in [9.17, 15) is 14.9 Å². The van der Waals surface area contributed by atoms with Gasteiger partial charge in [-0.25, -0.2) is 0 Å². The van der Waals surface area contributed by atoms with Gasteiger partial charge in [0.15, 0.2) is 17.8 Å². The molecule has 3 rings (SSSR count). The molecule has 0 saturated heterocycles. The fourth-order valence-corrected chi connectivity index (χ4v) is 2.51. The minimum absolute atomic E-state index is 0.0482. The SMILES string of the molecule is CCOc1cccc(-c2c(C=O)c([N+](=O)[O-])cc3c2OCO3)c1. The molecular weight excluding hydrogens is 302 g/mol. The van der Waals surface area contributed by atoms with Gasteiger partial charge < -0.3 is 14.2 Å². The summed E-state index contributed by atoms with van der Waals surface area (Å²) in [7, 11) is 0. The number of carbonyl (C=O) groups excluding carboxylic acids is 1. The Morgan fingerprint density at radius 3 is 2.87 bits per heavy atom. The number of carbonyl (C=O) groups is 1. The third-order valence-electron chi connectivity index (χ3n) is 3.43. The van der Waals surface area contributed by atoms with Crippen molar-refractivity contribution in [3.63, 3.8) is 0 Å². The highest BCUT2D eigenvalue weighted by atomic mass is 16.7. The lowest BCUT2D eigenvalue weighted by atomic mass is 9.97. The van der Waals surface area contributed by atoms with Crippen LogP contribution in [-0.4, -0.2) is 24.6 Å². The van der Waals surface area contributed by atoms with E-state index in [1.807, 2.05) is 6.92 Å². The number of benzene rings is 2. The van der Waals surface area contributed by atoms with Crippen molar-refractivity contribution in [2.45, 2.75) is 6.92 Å². The van der Waals surface area contributed by atoms with Gasteiger partial charge in [-0.15, -0.1) is 0 Å². The molecule has 1 aliphatic rings. The predicted octanol–water partition coefficient (Wildman–Crippen LogP) is 3.20. The Kier molecular flexibility index (Phi) is 3.84. The molecular formula is C16H13NO6. The zero-order valence-corrected chi connectivity index (χ0v) is 12.3. The monoisotopic (exact) mass is 315 g/mol. The van der Waals surface area contributed by atoms with Gasteiger partial charge in [-0.3, -0.25) is 14.9 Å². The maximum Gasteiger partial charge on any atom is 0.284 e. The summed E-state index contributed by atoms with van der Waals surface area (Å²) in [6, 6.07) is 8.16. The van der Waals surface area contributed by atoms with Crippen LogP contribution in [0.2, 0.25) is 0 Å². The van der Waals surface area contributed by atoms with Crippen LogP contribution in [0.25, 0.3) is 11.1 Å². The molecule has 0 saturated carbocycles. The van der Waals surface area contributed by atoms with Crippen molar-refractivity contribution in [3.05, 3.63) is 46.0 Å². The van der Waals surface area contributed by atoms with Crippen molar-refractivity contribution in [2.75, 3.05) is 13.4 Å². The van der Waals surface area contributed by atoms with E-state index in [-0.39, 0.29) is 23.8 Å². The third kappa shape index (κ3) is 2.57. The Balaban J connectivity index is 2.27. The molecule has 1 heterocycles. The van der Waals surface area contributed by atoms with Crippen LogP contribution < -0.4 is 14.2 Å². The van der Waals surface area contributed by atoms with Gasteiger partial charge >= 0.3 is 0 Å². The van der Waals surface area contributed by atoms with E-state index in [1.165, 1.54) is 6.07 Å². The smallest absolute Gasteiger partial charge is 0.284 e. The maximum absolute atomic E-state index is 11.5. The van der Waals surface area contributed by atoms with Gasteiger partial charge in [0.25, 0.3) is 5.69 Å². The molecule has 0 radical (unpaired) electrons. The second-order valence-corrected chi connectivity index (χ2v) is 4.75. The normalized spacial score (nSPS) is 12.0. The summed E-state index contributed by atoms with van der Waals surface area (Å²) < 4.78 is 16.1. The highest BCUT2D eigenvalue weighted by Crippen LogP contribution is 2.47. The lowest BCUT2D eigenvalue weighted by Gasteiger charge is -2.11. The molecule has 0 unspecified atom stereocenters. The molecule has 0 aromatic heterocycles. The van der Waals surface area contributed by atoms with Crippen molar-refractivity contribution in [1.82, 2.24) is 0 Å². The molecule has 0 amide bonds. The topological polar surface area (TPSA) is 87.9 Å². The molecule has 2 aromatic carbocycles. The number of hydrogen-bond acceptors (Lipinski definition) is 6. The minimum atomic E-state index is -0.610. The van der Waals surface area contributed by atoms with Gasteiger partial charge in [0, 0.05) is 5.56 Å². The fraction of sp³-hybridized carbons (Fsp3) is 0.188. The van der Waals surface area contributed by atoms with Gasteiger partial charge in [-0.2, -0.15) is 0 Å². The van der Waals surface area contributed by atoms with Crippen LogP contribution in [0.15, 0.2) is 30.3 Å². The quantitative estimate of drug-likeness (QED) is 0.478. The number of aldehydes is 1. The largest absolute Gasteiger partial charge is 0.494 e. The molecule has 7 nitrogen and oxygen atoms in total. The summed E-state index contributed by atoms with van der Waals surface area (Å²) in [6.07, 6.45) is 0.461. The van der Waals surface area contributed by atoms with Gasteiger partial charge in [0.2, 0.25) is 6.79 Å². The summed E-state index contributed by atoms with van der Waals surface area (Å²) in [6.45, 7) is 2.29. The first-order valence-corrected chi connectivity index (χ1v) is 6.95. The lowest BCUT2D eigenvalue weighted by molar-refractivity contribution is -0.385. The lowest BCUT2D eigenvalue weighted by Crippen LogP contribution is -1.99. The van der Waals surface area contributed by atoms with Crippen molar-refractivity contribution < 1.29 is 23.9 Å². The molecule has 23 heavy (non-hydrogen) atoms. The van der Waals surface area contributed by atoms with Gasteiger partial charge in [0.05, 0.1) is 17.6 Å². The second kappa shape index (κ2) is 5.96. The summed E-state index contributed by atoms with van der Waals surface area (Å²) in [5, 5.41) is 11.3. The minimum Gasteiger partial charge on any atom is -0.494 e.